The fourth-order valence-corrected chi connectivity index (χ4v) is 2.53. The highest BCUT2D eigenvalue weighted by atomic mass is 16.1. The lowest BCUT2D eigenvalue weighted by Gasteiger charge is -2.37. The highest BCUT2D eigenvalue weighted by Crippen LogP contribution is 2.38. The lowest BCUT2D eigenvalue weighted by molar-refractivity contribution is 0.189. The highest BCUT2D eigenvalue weighted by molar-refractivity contribution is 5.34. The van der Waals surface area contributed by atoms with Gasteiger partial charge in [-0.3, -0.25) is 0 Å². The van der Waals surface area contributed by atoms with Gasteiger partial charge in [-0.25, -0.2) is 19.6 Å². The van der Waals surface area contributed by atoms with Crippen LogP contribution in [0, 0.1) is 17.8 Å². The van der Waals surface area contributed by atoms with Crippen LogP contribution in [0.3, 0.4) is 0 Å². The van der Waals surface area contributed by atoms with Crippen molar-refractivity contribution < 1.29 is 9.59 Å². The van der Waals surface area contributed by atoms with Crippen molar-refractivity contribution in [3.05, 3.63) is 12.2 Å². The summed E-state index contributed by atoms with van der Waals surface area (Å²) in [6, 6.07) is -0.0326. The normalized spacial score (nSPS) is 32.1. The summed E-state index contributed by atoms with van der Waals surface area (Å²) >= 11 is 0. The van der Waals surface area contributed by atoms with Gasteiger partial charge in [0.15, 0.2) is 0 Å². The van der Waals surface area contributed by atoms with E-state index in [2.05, 4.69) is 16.6 Å². The van der Waals surface area contributed by atoms with E-state index >= 15 is 0 Å². The molecule has 1 fully saturated rings. The molecule has 1 rings (SSSR count). The summed E-state index contributed by atoms with van der Waals surface area (Å²) in [6.07, 6.45) is 5.00. The van der Waals surface area contributed by atoms with Gasteiger partial charge in [0, 0.05) is 0 Å². The van der Waals surface area contributed by atoms with E-state index < -0.39 is 0 Å². The zero-order chi connectivity index (χ0) is 12.8. The zero-order valence-electron chi connectivity index (χ0n) is 10.3. The van der Waals surface area contributed by atoms with Gasteiger partial charge in [0.05, 0.1) is 12.6 Å². The molecule has 0 amide bonds. The zero-order valence-corrected chi connectivity index (χ0v) is 10.3. The fourth-order valence-electron chi connectivity index (χ4n) is 2.53. The van der Waals surface area contributed by atoms with Crippen molar-refractivity contribution in [2.45, 2.75) is 32.7 Å². The van der Waals surface area contributed by atoms with Crippen molar-refractivity contribution in [2.75, 3.05) is 6.54 Å². The van der Waals surface area contributed by atoms with Crippen LogP contribution in [0.4, 0.5) is 0 Å². The molecule has 4 atom stereocenters. The van der Waals surface area contributed by atoms with E-state index in [-0.39, 0.29) is 17.9 Å². The van der Waals surface area contributed by atoms with Gasteiger partial charge in [0.1, 0.15) is 0 Å². The molecule has 0 saturated heterocycles. The van der Waals surface area contributed by atoms with E-state index in [1.807, 2.05) is 13.8 Å². The van der Waals surface area contributed by atoms with Crippen molar-refractivity contribution in [3.63, 3.8) is 0 Å². The fraction of sp³-hybridized carbons (Fsp3) is 0.692. The largest absolute Gasteiger partial charge is 0.235 e. The predicted octanol–water partition coefficient (Wildman–Crippen LogP) is 2.27. The first-order valence-electron chi connectivity index (χ1n) is 5.86. The van der Waals surface area contributed by atoms with Gasteiger partial charge in [-0.05, 0) is 37.5 Å². The molecule has 0 heterocycles. The molecule has 4 heteroatoms. The van der Waals surface area contributed by atoms with Crippen molar-refractivity contribution in [2.24, 2.45) is 27.7 Å². The van der Waals surface area contributed by atoms with Gasteiger partial charge < -0.3 is 0 Å². The lowest BCUT2D eigenvalue weighted by Crippen LogP contribution is -2.35. The molecule has 0 aromatic heterocycles. The number of rotatable bonds is 4. The molecule has 1 saturated carbocycles. The minimum Gasteiger partial charge on any atom is -0.211 e. The third-order valence-electron chi connectivity index (χ3n) is 3.77. The maximum Gasteiger partial charge on any atom is 0.235 e. The Bertz CT molecular complexity index is 379. The van der Waals surface area contributed by atoms with Crippen molar-refractivity contribution in [3.8, 4) is 0 Å². The van der Waals surface area contributed by atoms with Crippen LogP contribution in [0.15, 0.2) is 22.1 Å². The Kier molecular flexibility index (Phi) is 5.02. The van der Waals surface area contributed by atoms with Crippen molar-refractivity contribution >= 4 is 12.2 Å². The molecular formula is C13H18N2O2. The van der Waals surface area contributed by atoms with E-state index in [9.17, 15) is 9.59 Å². The van der Waals surface area contributed by atoms with Gasteiger partial charge >= 0.3 is 0 Å². The summed E-state index contributed by atoms with van der Waals surface area (Å²) in [7, 11) is 0. The number of hydrogen-bond donors (Lipinski definition) is 0. The summed E-state index contributed by atoms with van der Waals surface area (Å²) in [4.78, 5) is 28.1. The average molecular weight is 234 g/mol. The molecule has 1 aliphatic carbocycles. The number of aliphatic imine (C=N–C) groups is 2. The van der Waals surface area contributed by atoms with E-state index in [0.29, 0.717) is 12.5 Å². The topological polar surface area (TPSA) is 58.9 Å². The van der Waals surface area contributed by atoms with E-state index in [1.165, 1.54) is 0 Å². The second-order valence-electron chi connectivity index (χ2n) is 4.85. The maximum absolute atomic E-state index is 10.4. The quantitative estimate of drug-likeness (QED) is 0.425. The Morgan fingerprint density at radius 1 is 1.35 bits per heavy atom. The van der Waals surface area contributed by atoms with Gasteiger partial charge in [0.2, 0.25) is 12.2 Å². The summed E-state index contributed by atoms with van der Waals surface area (Å²) in [5.74, 6) is 0.846. The Morgan fingerprint density at radius 3 is 2.59 bits per heavy atom. The molecule has 17 heavy (non-hydrogen) atoms. The number of nitrogens with zero attached hydrogens (tertiary/aromatic N) is 2. The molecule has 0 bridgehead atoms. The summed E-state index contributed by atoms with van der Waals surface area (Å²) in [5, 5.41) is 0. The molecule has 92 valence electrons. The molecule has 0 radical (unpaired) electrons. The Balaban J connectivity index is 2.84. The Hall–Kier alpha value is -1.50. The van der Waals surface area contributed by atoms with Crippen LogP contribution >= 0.6 is 0 Å². The third-order valence-corrected chi connectivity index (χ3v) is 3.77. The second-order valence-corrected chi connectivity index (χ2v) is 4.85. The minimum absolute atomic E-state index is 0.0326. The van der Waals surface area contributed by atoms with Crippen molar-refractivity contribution in [1.82, 2.24) is 0 Å². The van der Waals surface area contributed by atoms with Gasteiger partial charge in [-0.2, -0.15) is 0 Å². The predicted molar refractivity (Wildman–Crippen MR) is 65.1 cm³/mol. The van der Waals surface area contributed by atoms with E-state index in [0.717, 1.165) is 18.4 Å². The number of allylic oxidation sites excluding steroid dienone is 1. The molecule has 4 nitrogen and oxygen atoms in total. The van der Waals surface area contributed by atoms with Crippen molar-refractivity contribution in [1.29, 1.82) is 0 Å². The molecule has 0 spiro atoms. The molecule has 4 unspecified atom stereocenters. The van der Waals surface area contributed by atoms with Crippen LogP contribution in [0.5, 0.6) is 0 Å². The molecule has 0 aliphatic heterocycles. The average Bonchev–Trinajstić information content (AvgIpc) is 2.30. The molecular weight excluding hydrogens is 216 g/mol. The first kappa shape index (κ1) is 13.6. The second kappa shape index (κ2) is 6.29. The molecule has 1 aliphatic rings. The van der Waals surface area contributed by atoms with Crippen LogP contribution in [0.25, 0.3) is 0 Å². The SMILES string of the molecule is C=C(C)C1CC(CN=C=O)C(C)C(N=C=O)C1. The molecule has 0 N–H and O–H groups in total. The first-order chi connectivity index (χ1) is 8.10. The summed E-state index contributed by atoms with van der Waals surface area (Å²) in [6.45, 7) is 8.46. The third kappa shape index (κ3) is 3.48. The number of hydrogen-bond acceptors (Lipinski definition) is 4. The van der Waals surface area contributed by atoms with Crippen LogP contribution in [0.2, 0.25) is 0 Å². The lowest BCUT2D eigenvalue weighted by atomic mass is 9.70. The van der Waals surface area contributed by atoms with Crippen LogP contribution < -0.4 is 0 Å². The standard InChI is InChI=1S/C13H18N2O2/c1-9(2)11-4-12(6-14-7-16)10(3)13(5-11)15-8-17/h10-13H,1,4-6H2,2-3H3. The van der Waals surface area contributed by atoms with Gasteiger partial charge in [-0.15, -0.1) is 0 Å². The summed E-state index contributed by atoms with van der Waals surface area (Å²) in [5.41, 5.74) is 1.10. The van der Waals surface area contributed by atoms with E-state index in [4.69, 9.17) is 0 Å². The first-order valence-corrected chi connectivity index (χ1v) is 5.86. The van der Waals surface area contributed by atoms with Gasteiger partial charge in [0.25, 0.3) is 0 Å². The van der Waals surface area contributed by atoms with Crippen LogP contribution in [-0.2, 0) is 9.59 Å². The minimum atomic E-state index is -0.0326. The highest BCUT2D eigenvalue weighted by Gasteiger charge is 2.35. The Labute approximate surface area is 102 Å². The Morgan fingerprint density at radius 2 is 2.06 bits per heavy atom. The van der Waals surface area contributed by atoms with Gasteiger partial charge in [-0.1, -0.05) is 19.1 Å². The number of carbonyl (C=O) groups excluding carboxylic acids is 2. The summed E-state index contributed by atoms with van der Waals surface area (Å²) < 4.78 is 0. The maximum atomic E-state index is 10.4. The monoisotopic (exact) mass is 234 g/mol. The van der Waals surface area contributed by atoms with Crippen LogP contribution in [0.1, 0.15) is 26.7 Å². The van der Waals surface area contributed by atoms with Crippen LogP contribution in [-0.4, -0.2) is 24.7 Å². The smallest absolute Gasteiger partial charge is 0.211 e. The van der Waals surface area contributed by atoms with E-state index in [1.54, 1.807) is 12.2 Å². The number of isocyanates is 2. The molecule has 0 aromatic carbocycles. The molecule has 0 aromatic rings.